The molecule has 0 aromatic carbocycles. The number of aliphatic hydroxyl groups excluding tert-OH is 1. The highest BCUT2D eigenvalue weighted by Gasteiger charge is 2.30. The topological polar surface area (TPSA) is 137 Å². The van der Waals surface area contributed by atoms with Gasteiger partial charge in [-0.3, -0.25) is 14.3 Å². The van der Waals surface area contributed by atoms with Crippen molar-refractivity contribution in [2.45, 2.75) is 33.1 Å². The molecule has 4 N–H and O–H groups in total. The molecule has 0 bridgehead atoms. The quantitative estimate of drug-likeness (QED) is 0.443. The van der Waals surface area contributed by atoms with E-state index >= 15 is 0 Å². The Bertz CT molecular complexity index is 779. The van der Waals surface area contributed by atoms with Gasteiger partial charge < -0.3 is 29.1 Å². The summed E-state index contributed by atoms with van der Waals surface area (Å²) in [6.45, 7) is 5.94. The molecule has 0 saturated carbocycles. The third-order valence-corrected chi connectivity index (χ3v) is 4.54. The molecule has 0 spiro atoms. The number of hydrogen-bond donors (Lipinski definition) is 4. The number of hydrogen-bond acceptors (Lipinski definition) is 7. The summed E-state index contributed by atoms with van der Waals surface area (Å²) in [6, 6.07) is 1.10. The number of aliphatic hydroxyl groups is 1. The molecule has 2 atom stereocenters. The monoisotopic (exact) mass is 423 g/mol. The molecule has 0 radical (unpaired) electrons. The van der Waals surface area contributed by atoms with Gasteiger partial charge in [-0.15, -0.1) is 0 Å². The predicted molar refractivity (Wildman–Crippen MR) is 104 cm³/mol. The van der Waals surface area contributed by atoms with E-state index in [1.165, 1.54) is 31.9 Å². The van der Waals surface area contributed by atoms with E-state index in [-0.39, 0.29) is 12.4 Å². The molecule has 2 rings (SSSR count). The molecule has 12 heteroatoms. The molecule has 154 valence electrons. The Morgan fingerprint density at radius 3 is 2.33 bits per heavy atom. The van der Waals surface area contributed by atoms with Crippen LogP contribution < -0.4 is 11.2 Å². The van der Waals surface area contributed by atoms with Crippen LogP contribution >= 0.6 is 6.72 Å². The summed E-state index contributed by atoms with van der Waals surface area (Å²) in [6.07, 6.45) is 0.183. The van der Waals surface area contributed by atoms with Crippen LogP contribution in [0.1, 0.15) is 27.0 Å². The average molecular weight is 423 g/mol. The first-order chi connectivity index (χ1) is 12.6. The van der Waals surface area contributed by atoms with Crippen LogP contribution in [0, 0.1) is 0 Å². The second-order valence-corrected chi connectivity index (χ2v) is 8.20. The Labute approximate surface area is 161 Å². The van der Waals surface area contributed by atoms with Crippen LogP contribution in [0.4, 0.5) is 0 Å². The number of H-pyrrole nitrogens is 1. The zero-order chi connectivity index (χ0) is 20.6. The molecule has 0 saturated heterocycles. The van der Waals surface area contributed by atoms with Gasteiger partial charge >= 0.3 is 12.4 Å². The smallest absolute Gasteiger partial charge is 0.331 e. The van der Waals surface area contributed by atoms with Crippen LogP contribution in [0.2, 0.25) is 0 Å². The lowest BCUT2D eigenvalue weighted by Gasteiger charge is -2.18. The number of aromatic nitrogens is 2. The molecular formula is C15H26N3O7PS. The zero-order valence-corrected chi connectivity index (χ0v) is 17.2. The minimum absolute atomic E-state index is 0.0953. The molecule has 1 aliphatic rings. The molecule has 2 heterocycles. The SMILES string of the molecule is CCN(CC)CC.O=c1ccn(C2OC(COP(O)(O)=S)=CC2O)c(=O)[nH]1. The maximum Gasteiger partial charge on any atom is 0.331 e. The third-order valence-electron chi connectivity index (χ3n) is 3.76. The van der Waals surface area contributed by atoms with Gasteiger partial charge in [-0.2, -0.15) is 0 Å². The van der Waals surface area contributed by atoms with Crippen LogP contribution in [0.15, 0.2) is 33.7 Å². The molecule has 1 aromatic heterocycles. The first-order valence-corrected chi connectivity index (χ1v) is 11.0. The van der Waals surface area contributed by atoms with Crippen molar-refractivity contribution in [3.8, 4) is 0 Å². The number of aromatic amines is 1. The number of ether oxygens (including phenoxy) is 1. The average Bonchev–Trinajstić information content (AvgIpc) is 2.95. The molecular weight excluding hydrogens is 397 g/mol. The first kappa shape index (κ1) is 23.7. The summed E-state index contributed by atoms with van der Waals surface area (Å²) in [4.78, 5) is 44.8. The Balaban J connectivity index is 0.000000445. The summed E-state index contributed by atoms with van der Waals surface area (Å²) in [7, 11) is 0. The van der Waals surface area contributed by atoms with Crippen molar-refractivity contribution in [1.82, 2.24) is 14.5 Å². The highest BCUT2D eigenvalue weighted by molar-refractivity contribution is 8.06. The Morgan fingerprint density at radius 2 is 1.89 bits per heavy atom. The van der Waals surface area contributed by atoms with Gasteiger partial charge in [0.15, 0.2) is 0 Å². The summed E-state index contributed by atoms with van der Waals surface area (Å²) in [5, 5.41) is 9.79. The molecule has 0 aliphatic carbocycles. The van der Waals surface area contributed by atoms with Crippen molar-refractivity contribution >= 4 is 18.5 Å². The molecule has 27 heavy (non-hydrogen) atoms. The maximum absolute atomic E-state index is 11.6. The van der Waals surface area contributed by atoms with Gasteiger partial charge in [0.1, 0.15) is 18.5 Å². The van der Waals surface area contributed by atoms with Gasteiger partial charge in [0.25, 0.3) is 5.56 Å². The number of rotatable bonds is 7. The van der Waals surface area contributed by atoms with E-state index in [1.807, 2.05) is 4.98 Å². The van der Waals surface area contributed by atoms with E-state index in [0.29, 0.717) is 0 Å². The summed E-state index contributed by atoms with van der Waals surface area (Å²) < 4.78 is 10.8. The fraction of sp³-hybridized carbons (Fsp3) is 0.600. The molecule has 0 amide bonds. The van der Waals surface area contributed by atoms with Gasteiger partial charge in [0.05, 0.1) is 0 Å². The molecule has 10 nitrogen and oxygen atoms in total. The first-order valence-electron chi connectivity index (χ1n) is 8.40. The van der Waals surface area contributed by atoms with Gasteiger partial charge in [-0.25, -0.2) is 4.79 Å². The molecule has 1 aromatic rings. The van der Waals surface area contributed by atoms with E-state index < -0.39 is 30.3 Å². The van der Waals surface area contributed by atoms with Crippen LogP contribution in [-0.2, 0) is 21.1 Å². The molecule has 1 aliphatic heterocycles. The highest BCUT2D eigenvalue weighted by atomic mass is 32.5. The predicted octanol–water partition coefficient (Wildman–Crippen LogP) is -0.116. The van der Waals surface area contributed by atoms with Crippen molar-refractivity contribution in [1.29, 1.82) is 0 Å². The lowest BCUT2D eigenvalue weighted by Crippen LogP contribution is -2.35. The van der Waals surface area contributed by atoms with E-state index in [2.05, 4.69) is 42.0 Å². The Hall–Kier alpha value is -1.33. The summed E-state index contributed by atoms with van der Waals surface area (Å²) in [5.41, 5.74) is -1.32. The third kappa shape index (κ3) is 8.06. The molecule has 0 fully saturated rings. The van der Waals surface area contributed by atoms with E-state index in [9.17, 15) is 14.7 Å². The molecule has 2 unspecified atom stereocenters. The summed E-state index contributed by atoms with van der Waals surface area (Å²) >= 11 is 4.27. The van der Waals surface area contributed by atoms with Crippen LogP contribution in [-0.4, -0.2) is 61.7 Å². The van der Waals surface area contributed by atoms with E-state index in [4.69, 9.17) is 14.5 Å². The van der Waals surface area contributed by atoms with Crippen LogP contribution in [0.25, 0.3) is 0 Å². The van der Waals surface area contributed by atoms with Crippen LogP contribution in [0.3, 0.4) is 0 Å². The lowest BCUT2D eigenvalue weighted by atomic mass is 10.3. The van der Waals surface area contributed by atoms with Crippen molar-refractivity contribution in [3.63, 3.8) is 0 Å². The van der Waals surface area contributed by atoms with Crippen LogP contribution in [0.5, 0.6) is 0 Å². The second-order valence-electron chi connectivity index (χ2n) is 5.53. The second kappa shape index (κ2) is 10.9. The summed E-state index contributed by atoms with van der Waals surface area (Å²) in [5.74, 6) is 0.0953. The highest BCUT2D eigenvalue weighted by Crippen LogP contribution is 2.38. The van der Waals surface area contributed by atoms with Gasteiger partial charge in [0, 0.05) is 12.3 Å². The fourth-order valence-electron chi connectivity index (χ4n) is 2.29. The Kier molecular flexibility index (Phi) is 9.54. The van der Waals surface area contributed by atoms with Crippen molar-refractivity contribution in [2.24, 2.45) is 0 Å². The van der Waals surface area contributed by atoms with Gasteiger partial charge in [-0.05, 0) is 37.5 Å². The normalized spacial score (nSPS) is 19.3. The standard InChI is InChI=1S/C9H11N2O7PS.C6H15N/c12-6-3-5(4-17-19(15,16)20)18-8(6)11-2-1-7(13)10-9(11)14;1-4-7(5-2)6-3/h1-3,6,8,12H,4H2,(H,10,13,14)(H2,15,16,20);4-6H2,1-3H3. The van der Waals surface area contributed by atoms with E-state index in [1.54, 1.807) is 0 Å². The maximum atomic E-state index is 11.6. The Morgan fingerprint density at radius 1 is 1.30 bits per heavy atom. The minimum atomic E-state index is -3.83. The number of nitrogens with one attached hydrogen (secondary N) is 1. The van der Waals surface area contributed by atoms with Gasteiger partial charge in [-0.1, -0.05) is 20.8 Å². The minimum Gasteiger partial charge on any atom is -0.469 e. The lowest BCUT2D eigenvalue weighted by molar-refractivity contribution is -0.00967. The number of nitrogens with zero attached hydrogens (tertiary/aromatic N) is 2. The van der Waals surface area contributed by atoms with Crippen molar-refractivity contribution in [2.75, 3.05) is 26.2 Å². The van der Waals surface area contributed by atoms with Gasteiger partial charge in [0.2, 0.25) is 6.23 Å². The zero-order valence-electron chi connectivity index (χ0n) is 15.4. The van der Waals surface area contributed by atoms with Crippen molar-refractivity contribution < 1.29 is 24.2 Å². The van der Waals surface area contributed by atoms with E-state index in [0.717, 1.165) is 10.6 Å². The fourth-order valence-corrected chi connectivity index (χ4v) is 2.74. The van der Waals surface area contributed by atoms with Crippen molar-refractivity contribution in [3.05, 3.63) is 44.9 Å². The largest absolute Gasteiger partial charge is 0.469 e.